The summed E-state index contributed by atoms with van der Waals surface area (Å²) >= 11 is 0. The van der Waals surface area contributed by atoms with Crippen LogP contribution in [0, 0.1) is 10.1 Å². The minimum atomic E-state index is -3.19. The van der Waals surface area contributed by atoms with E-state index in [9.17, 15) is 23.6 Å². The Morgan fingerprint density at radius 1 is 1.04 bits per heavy atom. The molecule has 0 aromatic heterocycles. The van der Waals surface area contributed by atoms with Crippen LogP contribution in [-0.4, -0.2) is 42.1 Å². The van der Waals surface area contributed by atoms with Crippen molar-refractivity contribution in [2.75, 3.05) is 22.1 Å². The zero-order chi connectivity index (χ0) is 18.7. The Balaban J connectivity index is 1.55. The lowest BCUT2D eigenvalue weighted by Crippen LogP contribution is -2.31. The molecule has 9 heteroatoms. The molecule has 1 heterocycles. The summed E-state index contributed by atoms with van der Waals surface area (Å²) in [7, 11) is -3.19. The SMILES string of the molecule is O=[N+]([O-])c1ccc(CNc2ccc(N[C@H]3CS(=O)(=O)C[C@@H]3O)cc2)cc1. The number of non-ortho nitro benzene ring substituents is 1. The van der Waals surface area contributed by atoms with Crippen LogP contribution in [0.5, 0.6) is 0 Å². The quantitative estimate of drug-likeness (QED) is 0.518. The van der Waals surface area contributed by atoms with Crippen LogP contribution in [0.2, 0.25) is 0 Å². The number of aliphatic hydroxyl groups excluding tert-OH is 1. The van der Waals surface area contributed by atoms with E-state index >= 15 is 0 Å². The Hall–Kier alpha value is -2.65. The Kier molecular flexibility index (Phi) is 5.10. The van der Waals surface area contributed by atoms with Crippen molar-refractivity contribution in [3.05, 3.63) is 64.2 Å². The molecule has 1 aliphatic heterocycles. The van der Waals surface area contributed by atoms with Crippen molar-refractivity contribution in [1.29, 1.82) is 0 Å². The summed E-state index contributed by atoms with van der Waals surface area (Å²) in [5.74, 6) is -0.284. The maximum atomic E-state index is 11.5. The van der Waals surface area contributed by atoms with Crippen LogP contribution in [0.25, 0.3) is 0 Å². The van der Waals surface area contributed by atoms with Gasteiger partial charge in [0, 0.05) is 30.1 Å². The molecule has 1 aliphatic rings. The van der Waals surface area contributed by atoms with Crippen molar-refractivity contribution in [2.24, 2.45) is 0 Å². The monoisotopic (exact) mass is 377 g/mol. The molecule has 0 saturated carbocycles. The topological polar surface area (TPSA) is 122 Å². The molecule has 0 unspecified atom stereocenters. The van der Waals surface area contributed by atoms with Crippen molar-refractivity contribution >= 4 is 26.9 Å². The van der Waals surface area contributed by atoms with Crippen LogP contribution < -0.4 is 10.6 Å². The van der Waals surface area contributed by atoms with Crippen molar-refractivity contribution in [1.82, 2.24) is 0 Å². The summed E-state index contributed by atoms with van der Waals surface area (Å²) in [5, 5.41) is 26.7. The normalized spacial score (nSPS) is 21.3. The fourth-order valence-electron chi connectivity index (χ4n) is 2.80. The van der Waals surface area contributed by atoms with Gasteiger partial charge in [0.2, 0.25) is 0 Å². The van der Waals surface area contributed by atoms with Gasteiger partial charge in [0.15, 0.2) is 9.84 Å². The van der Waals surface area contributed by atoms with E-state index in [1.54, 1.807) is 24.3 Å². The van der Waals surface area contributed by atoms with Crippen LogP contribution in [0.3, 0.4) is 0 Å². The number of nitro benzene ring substituents is 1. The van der Waals surface area contributed by atoms with Gasteiger partial charge in [-0.25, -0.2) is 8.42 Å². The van der Waals surface area contributed by atoms with Gasteiger partial charge in [-0.15, -0.1) is 0 Å². The van der Waals surface area contributed by atoms with E-state index in [-0.39, 0.29) is 17.2 Å². The molecular weight excluding hydrogens is 358 g/mol. The highest BCUT2D eigenvalue weighted by molar-refractivity contribution is 7.91. The number of hydrogen-bond acceptors (Lipinski definition) is 7. The largest absolute Gasteiger partial charge is 0.390 e. The third kappa shape index (κ3) is 4.50. The maximum Gasteiger partial charge on any atom is 0.269 e. The summed E-state index contributed by atoms with van der Waals surface area (Å²) in [6, 6.07) is 13.1. The van der Waals surface area contributed by atoms with E-state index < -0.39 is 26.9 Å². The summed E-state index contributed by atoms with van der Waals surface area (Å²) in [6.07, 6.45) is -0.903. The zero-order valence-corrected chi connectivity index (χ0v) is 14.6. The van der Waals surface area contributed by atoms with Crippen LogP contribution in [0.15, 0.2) is 48.5 Å². The minimum absolute atomic E-state index is 0.0558. The van der Waals surface area contributed by atoms with E-state index in [0.717, 1.165) is 16.9 Å². The summed E-state index contributed by atoms with van der Waals surface area (Å²) in [4.78, 5) is 10.2. The van der Waals surface area contributed by atoms with Gasteiger partial charge in [0.05, 0.1) is 28.6 Å². The number of benzene rings is 2. The number of aliphatic hydroxyl groups is 1. The zero-order valence-electron chi connectivity index (χ0n) is 13.8. The standard InChI is InChI=1S/C17H19N3O5S/c21-17-11-26(24,25)10-16(17)19-14-5-3-13(4-6-14)18-9-12-1-7-15(8-2-12)20(22)23/h1-8,16-19,21H,9-11H2/t16-,17-/m0/s1. The Morgan fingerprint density at radius 2 is 1.65 bits per heavy atom. The number of nitrogens with zero attached hydrogens (tertiary/aromatic N) is 1. The van der Waals surface area contributed by atoms with Crippen molar-refractivity contribution < 1.29 is 18.4 Å². The first-order valence-corrected chi connectivity index (χ1v) is 9.87. The Bertz CT molecular complexity index is 882. The lowest BCUT2D eigenvalue weighted by atomic mass is 10.2. The first kappa shape index (κ1) is 18.2. The highest BCUT2D eigenvalue weighted by Gasteiger charge is 2.36. The summed E-state index contributed by atoms with van der Waals surface area (Å²) in [5.41, 5.74) is 2.55. The molecule has 0 bridgehead atoms. The highest BCUT2D eigenvalue weighted by Crippen LogP contribution is 2.20. The van der Waals surface area contributed by atoms with E-state index in [1.807, 2.05) is 12.1 Å². The molecule has 138 valence electrons. The van der Waals surface area contributed by atoms with Crippen molar-refractivity contribution in [3.63, 3.8) is 0 Å². The first-order chi connectivity index (χ1) is 12.3. The van der Waals surface area contributed by atoms with E-state index in [0.29, 0.717) is 6.54 Å². The highest BCUT2D eigenvalue weighted by atomic mass is 32.2. The third-order valence-electron chi connectivity index (χ3n) is 4.20. The van der Waals surface area contributed by atoms with Gasteiger partial charge in [-0.2, -0.15) is 0 Å². The van der Waals surface area contributed by atoms with Gasteiger partial charge in [-0.1, -0.05) is 12.1 Å². The molecule has 2 aromatic carbocycles. The second-order valence-electron chi connectivity index (χ2n) is 6.25. The predicted molar refractivity (Wildman–Crippen MR) is 98.9 cm³/mol. The fraction of sp³-hybridized carbons (Fsp3) is 0.294. The molecular formula is C17H19N3O5S. The number of anilines is 2. The molecule has 2 atom stereocenters. The van der Waals surface area contributed by atoms with Crippen molar-refractivity contribution in [3.8, 4) is 0 Å². The lowest BCUT2D eigenvalue weighted by molar-refractivity contribution is -0.384. The molecule has 2 aromatic rings. The first-order valence-electron chi connectivity index (χ1n) is 8.05. The van der Waals surface area contributed by atoms with Gasteiger partial charge >= 0.3 is 0 Å². The van der Waals surface area contributed by atoms with Crippen LogP contribution >= 0.6 is 0 Å². The average Bonchev–Trinajstić information content (AvgIpc) is 2.86. The Labute approximate surface area is 150 Å². The predicted octanol–water partition coefficient (Wildman–Crippen LogP) is 1.78. The number of sulfone groups is 1. The minimum Gasteiger partial charge on any atom is -0.390 e. The average molecular weight is 377 g/mol. The molecule has 0 radical (unpaired) electrons. The van der Waals surface area contributed by atoms with E-state index in [1.165, 1.54) is 12.1 Å². The smallest absolute Gasteiger partial charge is 0.269 e. The van der Waals surface area contributed by atoms with Gasteiger partial charge in [0.25, 0.3) is 5.69 Å². The molecule has 26 heavy (non-hydrogen) atoms. The maximum absolute atomic E-state index is 11.5. The van der Waals surface area contributed by atoms with Crippen molar-refractivity contribution in [2.45, 2.75) is 18.7 Å². The van der Waals surface area contributed by atoms with Gasteiger partial charge < -0.3 is 15.7 Å². The molecule has 0 amide bonds. The lowest BCUT2D eigenvalue weighted by Gasteiger charge is -2.16. The molecule has 0 aliphatic carbocycles. The Morgan fingerprint density at radius 3 is 2.19 bits per heavy atom. The fourth-order valence-corrected chi connectivity index (χ4v) is 4.55. The van der Waals surface area contributed by atoms with Gasteiger partial charge in [-0.05, 0) is 29.8 Å². The van der Waals surface area contributed by atoms with E-state index in [4.69, 9.17) is 0 Å². The molecule has 0 spiro atoms. The molecule has 1 fully saturated rings. The molecule has 3 rings (SSSR count). The summed E-state index contributed by atoms with van der Waals surface area (Å²) in [6.45, 7) is 0.518. The van der Waals surface area contributed by atoms with Crippen LogP contribution in [-0.2, 0) is 16.4 Å². The van der Waals surface area contributed by atoms with Gasteiger partial charge in [-0.3, -0.25) is 10.1 Å². The van der Waals surface area contributed by atoms with Crippen LogP contribution in [0.1, 0.15) is 5.56 Å². The molecule has 3 N–H and O–H groups in total. The second kappa shape index (κ2) is 7.30. The second-order valence-corrected chi connectivity index (χ2v) is 8.40. The number of rotatable bonds is 6. The molecule has 8 nitrogen and oxygen atoms in total. The van der Waals surface area contributed by atoms with Crippen LogP contribution in [0.4, 0.5) is 17.1 Å². The summed E-state index contributed by atoms with van der Waals surface area (Å²) < 4.78 is 23.1. The van der Waals surface area contributed by atoms with E-state index in [2.05, 4.69) is 10.6 Å². The molecule has 1 saturated heterocycles. The third-order valence-corrected chi connectivity index (χ3v) is 5.92. The number of nitrogens with one attached hydrogen (secondary N) is 2. The number of hydrogen-bond donors (Lipinski definition) is 3. The number of nitro groups is 1. The van der Waals surface area contributed by atoms with Gasteiger partial charge in [0.1, 0.15) is 0 Å².